The lowest BCUT2D eigenvalue weighted by Gasteiger charge is -2.26. The Bertz CT molecular complexity index is 1170. The van der Waals surface area contributed by atoms with Gasteiger partial charge in [-0.25, -0.2) is 8.42 Å². The summed E-state index contributed by atoms with van der Waals surface area (Å²) < 4.78 is 32.6. The molecule has 172 valence electrons. The number of anilines is 1. The molecule has 3 N–H and O–H groups in total. The molecule has 0 spiro atoms. The minimum absolute atomic E-state index is 0.0337. The van der Waals surface area contributed by atoms with Crippen LogP contribution in [-0.4, -0.2) is 50.8 Å². The van der Waals surface area contributed by atoms with Crippen LogP contribution < -0.4 is 11.1 Å². The third kappa shape index (κ3) is 4.42. The number of carbonyl (C=O) groups is 2. The standard InChI is InChI=1S/C21H24ClN3O5S2/c1-12-2-4-14-16(10-12)31-21(18(14)19(23)26)24-20(27)13-3-5-15(22)17(11-13)32(28,29)25-6-8-30-9-7-25/h3,5,11-12H,2,4,6-10H2,1H3,(H2,23,26)(H,24,27)/t12-/m0/s1. The van der Waals surface area contributed by atoms with E-state index in [-0.39, 0.29) is 28.6 Å². The number of rotatable bonds is 5. The number of ether oxygens (including phenoxy) is 1. The Morgan fingerprint density at radius 3 is 2.69 bits per heavy atom. The first kappa shape index (κ1) is 23.2. The highest BCUT2D eigenvalue weighted by molar-refractivity contribution is 7.89. The number of benzene rings is 1. The molecule has 2 heterocycles. The van der Waals surface area contributed by atoms with Crippen LogP contribution in [0.25, 0.3) is 0 Å². The molecule has 11 heteroatoms. The molecular formula is C21H24ClN3O5S2. The van der Waals surface area contributed by atoms with Crippen molar-refractivity contribution in [2.24, 2.45) is 11.7 Å². The molecule has 2 aromatic rings. The van der Waals surface area contributed by atoms with Crippen LogP contribution in [0.5, 0.6) is 0 Å². The number of hydrogen-bond donors (Lipinski definition) is 2. The van der Waals surface area contributed by atoms with Crippen molar-refractivity contribution in [1.82, 2.24) is 4.31 Å². The normalized spacial score (nSPS) is 19.4. The van der Waals surface area contributed by atoms with E-state index < -0.39 is 21.8 Å². The second-order valence-electron chi connectivity index (χ2n) is 8.04. The van der Waals surface area contributed by atoms with Gasteiger partial charge in [0.25, 0.3) is 11.8 Å². The molecule has 1 atom stereocenters. The molecule has 1 aromatic heterocycles. The van der Waals surface area contributed by atoms with Gasteiger partial charge in [-0.3, -0.25) is 9.59 Å². The van der Waals surface area contributed by atoms with Crippen molar-refractivity contribution in [3.8, 4) is 0 Å². The zero-order chi connectivity index (χ0) is 23.0. The number of amides is 2. The SMILES string of the molecule is C[C@H]1CCc2c(sc(NC(=O)c3ccc(Cl)c(S(=O)(=O)N4CCOCC4)c3)c2C(N)=O)C1. The van der Waals surface area contributed by atoms with Crippen LogP contribution in [0.15, 0.2) is 23.1 Å². The van der Waals surface area contributed by atoms with Gasteiger partial charge in [-0.15, -0.1) is 11.3 Å². The van der Waals surface area contributed by atoms with Crippen molar-refractivity contribution in [2.75, 3.05) is 31.6 Å². The van der Waals surface area contributed by atoms with E-state index in [1.54, 1.807) is 0 Å². The monoisotopic (exact) mass is 497 g/mol. The fourth-order valence-electron chi connectivity index (χ4n) is 4.04. The van der Waals surface area contributed by atoms with E-state index in [1.807, 2.05) is 0 Å². The molecule has 0 unspecified atom stereocenters. The second kappa shape index (κ2) is 9.11. The second-order valence-corrected chi connectivity index (χ2v) is 11.5. The Balaban J connectivity index is 1.64. The summed E-state index contributed by atoms with van der Waals surface area (Å²) in [5.74, 6) is -0.622. The van der Waals surface area contributed by atoms with Gasteiger partial charge in [0.1, 0.15) is 9.90 Å². The molecule has 0 saturated carbocycles. The summed E-state index contributed by atoms with van der Waals surface area (Å²) in [7, 11) is -3.88. The summed E-state index contributed by atoms with van der Waals surface area (Å²) >= 11 is 7.54. The number of sulfonamides is 1. The molecule has 2 amide bonds. The molecule has 1 aliphatic carbocycles. The number of primary amides is 1. The van der Waals surface area contributed by atoms with Crippen LogP contribution in [-0.2, 0) is 27.6 Å². The van der Waals surface area contributed by atoms with Gasteiger partial charge in [-0.2, -0.15) is 4.31 Å². The van der Waals surface area contributed by atoms with Crippen LogP contribution in [0.3, 0.4) is 0 Å². The molecule has 32 heavy (non-hydrogen) atoms. The maximum atomic E-state index is 13.0. The summed E-state index contributed by atoms with van der Waals surface area (Å²) in [6.45, 7) is 3.19. The Morgan fingerprint density at radius 2 is 2.00 bits per heavy atom. The molecule has 0 bridgehead atoms. The molecule has 4 rings (SSSR count). The lowest BCUT2D eigenvalue weighted by molar-refractivity contribution is 0.0730. The Kier molecular flexibility index (Phi) is 6.60. The minimum atomic E-state index is -3.88. The predicted molar refractivity (Wildman–Crippen MR) is 123 cm³/mol. The molecule has 8 nitrogen and oxygen atoms in total. The maximum Gasteiger partial charge on any atom is 0.256 e. The molecule has 2 aliphatic rings. The van der Waals surface area contributed by atoms with Crippen molar-refractivity contribution in [1.29, 1.82) is 0 Å². The smallest absolute Gasteiger partial charge is 0.256 e. The van der Waals surface area contributed by atoms with E-state index in [0.717, 1.165) is 29.7 Å². The van der Waals surface area contributed by atoms with Gasteiger partial charge in [0.2, 0.25) is 10.0 Å². The van der Waals surface area contributed by atoms with Gasteiger partial charge in [-0.1, -0.05) is 18.5 Å². The van der Waals surface area contributed by atoms with Crippen LogP contribution in [0.4, 0.5) is 5.00 Å². The van der Waals surface area contributed by atoms with Gasteiger partial charge in [0.15, 0.2) is 0 Å². The Hall–Kier alpha value is -1.98. The average Bonchev–Trinajstić information content (AvgIpc) is 3.11. The van der Waals surface area contributed by atoms with Crippen molar-refractivity contribution < 1.29 is 22.7 Å². The summed E-state index contributed by atoms with van der Waals surface area (Å²) in [6, 6.07) is 4.11. The zero-order valence-corrected chi connectivity index (χ0v) is 19.9. The van der Waals surface area contributed by atoms with Gasteiger partial charge in [0, 0.05) is 23.5 Å². The van der Waals surface area contributed by atoms with Crippen molar-refractivity contribution >= 4 is 49.8 Å². The van der Waals surface area contributed by atoms with Crippen LogP contribution in [0.1, 0.15) is 44.5 Å². The highest BCUT2D eigenvalue weighted by Gasteiger charge is 2.30. The van der Waals surface area contributed by atoms with Crippen LogP contribution >= 0.6 is 22.9 Å². The number of fused-ring (bicyclic) bond motifs is 1. The number of thiophene rings is 1. The zero-order valence-electron chi connectivity index (χ0n) is 17.5. The molecule has 1 saturated heterocycles. The largest absolute Gasteiger partial charge is 0.379 e. The molecule has 1 aromatic carbocycles. The van der Waals surface area contributed by atoms with Crippen molar-refractivity contribution in [2.45, 2.75) is 31.1 Å². The van der Waals surface area contributed by atoms with E-state index >= 15 is 0 Å². The highest BCUT2D eigenvalue weighted by atomic mass is 35.5. The molecule has 1 fully saturated rings. The number of nitrogens with two attached hydrogens (primary N) is 1. The third-order valence-electron chi connectivity index (χ3n) is 5.77. The number of hydrogen-bond acceptors (Lipinski definition) is 6. The minimum Gasteiger partial charge on any atom is -0.379 e. The molecular weight excluding hydrogens is 474 g/mol. The lowest BCUT2D eigenvalue weighted by Crippen LogP contribution is -2.40. The van der Waals surface area contributed by atoms with E-state index in [2.05, 4.69) is 12.2 Å². The molecule has 1 aliphatic heterocycles. The van der Waals surface area contributed by atoms with Gasteiger partial charge >= 0.3 is 0 Å². The Morgan fingerprint density at radius 1 is 1.28 bits per heavy atom. The number of carbonyl (C=O) groups excluding carboxylic acids is 2. The van der Waals surface area contributed by atoms with Crippen LogP contribution in [0, 0.1) is 5.92 Å². The van der Waals surface area contributed by atoms with Gasteiger partial charge < -0.3 is 15.8 Å². The maximum absolute atomic E-state index is 13.0. The highest BCUT2D eigenvalue weighted by Crippen LogP contribution is 2.39. The van der Waals surface area contributed by atoms with Gasteiger partial charge in [-0.05, 0) is 48.9 Å². The first-order valence-electron chi connectivity index (χ1n) is 10.3. The third-order valence-corrected chi connectivity index (χ3v) is 9.32. The number of nitrogens with one attached hydrogen (secondary N) is 1. The fourth-order valence-corrected chi connectivity index (χ4v) is 7.36. The van der Waals surface area contributed by atoms with Crippen molar-refractivity contribution in [3.63, 3.8) is 0 Å². The molecule has 0 radical (unpaired) electrons. The fraction of sp³-hybridized carbons (Fsp3) is 0.429. The van der Waals surface area contributed by atoms with E-state index in [9.17, 15) is 18.0 Å². The predicted octanol–water partition coefficient (Wildman–Crippen LogP) is 2.90. The van der Waals surface area contributed by atoms with Gasteiger partial charge in [0.05, 0.1) is 23.8 Å². The van der Waals surface area contributed by atoms with E-state index in [1.165, 1.54) is 33.8 Å². The van der Waals surface area contributed by atoms with Crippen LogP contribution in [0.2, 0.25) is 5.02 Å². The number of nitrogens with zero attached hydrogens (tertiary/aromatic N) is 1. The summed E-state index contributed by atoms with van der Waals surface area (Å²) in [4.78, 5) is 26.0. The average molecular weight is 498 g/mol. The quantitative estimate of drug-likeness (QED) is 0.658. The number of morpholine rings is 1. The lowest BCUT2D eigenvalue weighted by atomic mass is 9.88. The Labute approximate surface area is 195 Å². The first-order valence-corrected chi connectivity index (χ1v) is 12.9. The van der Waals surface area contributed by atoms with E-state index in [4.69, 9.17) is 22.1 Å². The topological polar surface area (TPSA) is 119 Å². The summed E-state index contributed by atoms with van der Waals surface area (Å²) in [5, 5.41) is 3.20. The van der Waals surface area contributed by atoms with E-state index in [0.29, 0.717) is 29.7 Å². The summed E-state index contributed by atoms with van der Waals surface area (Å²) in [6.07, 6.45) is 2.53. The van der Waals surface area contributed by atoms with Crippen molar-refractivity contribution in [3.05, 3.63) is 44.8 Å². The summed E-state index contributed by atoms with van der Waals surface area (Å²) in [5.41, 5.74) is 6.99. The number of halogens is 1. The first-order chi connectivity index (χ1) is 15.2.